The molecule has 0 aromatic carbocycles. The van der Waals surface area contributed by atoms with E-state index in [4.69, 9.17) is 9.84 Å². The first-order valence-corrected chi connectivity index (χ1v) is 14.5. The molecule has 5 aliphatic rings. The average molecular weight is 459 g/mol. The minimum atomic E-state index is -0.640. The first-order chi connectivity index (χ1) is 15.6. The van der Waals surface area contributed by atoms with Crippen LogP contribution >= 0.6 is 0 Å². The lowest BCUT2D eigenvalue weighted by Crippen LogP contribution is -2.58. The van der Waals surface area contributed by atoms with E-state index in [-0.39, 0.29) is 5.60 Å². The first kappa shape index (κ1) is 24.1. The van der Waals surface area contributed by atoms with Gasteiger partial charge >= 0.3 is 5.97 Å². The highest BCUT2D eigenvalue weighted by molar-refractivity contribution is 5.66. The van der Waals surface area contributed by atoms with E-state index in [2.05, 4.69) is 34.6 Å². The van der Waals surface area contributed by atoms with Gasteiger partial charge in [0, 0.05) is 11.8 Å². The number of fused-ring (bicyclic) bond motifs is 4. The standard InChI is InChI=1S/C30H50O3/c1-19(2)7-6-8-20(3)23-10-11-24-22-17-26-30(33-26)18-21(9-12-27(31)32)13-16-29(30,5)25(22)14-15-28(23,24)4/h19-26H,6-18H2,1-5H3,(H,31,32)/t20?,21-,22-,23+,24-,25-,26+,28+,29+,30?/m0/s1. The van der Waals surface area contributed by atoms with Gasteiger partial charge in [-0.2, -0.15) is 0 Å². The highest BCUT2D eigenvalue weighted by Crippen LogP contribution is 2.75. The number of hydrogen-bond donors (Lipinski definition) is 1. The zero-order chi connectivity index (χ0) is 23.6. The number of aliphatic carboxylic acids is 1. The molecule has 10 atom stereocenters. The molecule has 4 aliphatic carbocycles. The van der Waals surface area contributed by atoms with E-state index in [9.17, 15) is 4.79 Å². The molecule has 1 heterocycles. The second kappa shape index (κ2) is 8.52. The van der Waals surface area contributed by atoms with Gasteiger partial charge < -0.3 is 9.84 Å². The summed E-state index contributed by atoms with van der Waals surface area (Å²) >= 11 is 0. The highest BCUT2D eigenvalue weighted by Gasteiger charge is 2.75. The second-order valence-corrected chi connectivity index (χ2v) is 14.1. The van der Waals surface area contributed by atoms with Crippen molar-refractivity contribution in [1.82, 2.24) is 0 Å². The van der Waals surface area contributed by atoms with E-state index in [1.54, 1.807) is 0 Å². The van der Waals surface area contributed by atoms with Crippen molar-refractivity contribution >= 4 is 5.97 Å². The zero-order valence-corrected chi connectivity index (χ0v) is 22.1. The fourth-order valence-electron chi connectivity index (χ4n) is 10.4. The summed E-state index contributed by atoms with van der Waals surface area (Å²) < 4.78 is 6.69. The third kappa shape index (κ3) is 3.82. The number of carboxylic acids is 1. The van der Waals surface area contributed by atoms with E-state index in [0.717, 1.165) is 48.3 Å². The molecule has 3 nitrogen and oxygen atoms in total. The maximum absolute atomic E-state index is 11.1. The van der Waals surface area contributed by atoms with Crippen LogP contribution in [0.4, 0.5) is 0 Å². The molecule has 0 aromatic heterocycles. The maximum Gasteiger partial charge on any atom is 0.303 e. The minimum Gasteiger partial charge on any atom is -0.481 e. The van der Waals surface area contributed by atoms with E-state index < -0.39 is 5.97 Å². The number of epoxide rings is 1. The Hall–Kier alpha value is -0.570. The Labute approximate surface area is 202 Å². The van der Waals surface area contributed by atoms with E-state index in [1.165, 1.54) is 64.2 Å². The molecule has 0 amide bonds. The fourth-order valence-corrected chi connectivity index (χ4v) is 10.4. The Kier molecular flexibility index (Phi) is 6.24. The highest BCUT2D eigenvalue weighted by atomic mass is 16.6. The Bertz CT molecular complexity index is 747. The Morgan fingerprint density at radius 3 is 2.55 bits per heavy atom. The van der Waals surface area contributed by atoms with Crippen LogP contribution in [0, 0.1) is 52.3 Å². The number of rotatable bonds is 8. The third-order valence-electron chi connectivity index (χ3n) is 12.2. The Morgan fingerprint density at radius 2 is 1.82 bits per heavy atom. The molecule has 1 N–H and O–H groups in total. The van der Waals surface area contributed by atoms with Crippen molar-refractivity contribution in [2.75, 3.05) is 0 Å². The molecule has 33 heavy (non-hydrogen) atoms. The van der Waals surface area contributed by atoms with E-state index in [0.29, 0.717) is 29.3 Å². The molecule has 5 rings (SSSR count). The van der Waals surface area contributed by atoms with Gasteiger partial charge in [-0.3, -0.25) is 4.79 Å². The third-order valence-corrected chi connectivity index (χ3v) is 12.2. The van der Waals surface area contributed by atoms with Crippen molar-refractivity contribution in [1.29, 1.82) is 0 Å². The summed E-state index contributed by atoms with van der Waals surface area (Å²) in [7, 11) is 0. The van der Waals surface area contributed by atoms with Crippen LogP contribution in [-0.2, 0) is 9.53 Å². The smallest absolute Gasteiger partial charge is 0.303 e. The molecule has 0 aromatic rings. The van der Waals surface area contributed by atoms with E-state index in [1.807, 2.05) is 0 Å². The second-order valence-electron chi connectivity index (χ2n) is 14.1. The molecule has 188 valence electrons. The zero-order valence-electron chi connectivity index (χ0n) is 22.1. The molecule has 1 spiro atoms. The van der Waals surface area contributed by atoms with Crippen LogP contribution in [0.15, 0.2) is 0 Å². The largest absolute Gasteiger partial charge is 0.481 e. The van der Waals surface area contributed by atoms with Crippen molar-refractivity contribution in [3.05, 3.63) is 0 Å². The summed E-state index contributed by atoms with van der Waals surface area (Å²) in [4.78, 5) is 11.1. The van der Waals surface area contributed by atoms with Crippen molar-refractivity contribution in [3.8, 4) is 0 Å². The van der Waals surface area contributed by atoms with Crippen LogP contribution in [0.3, 0.4) is 0 Å². The summed E-state index contributed by atoms with van der Waals surface area (Å²) in [6.45, 7) is 12.6. The lowest BCUT2D eigenvalue weighted by atomic mass is 9.43. The van der Waals surface area contributed by atoms with Gasteiger partial charge in [-0.1, -0.05) is 53.9 Å². The predicted molar refractivity (Wildman–Crippen MR) is 133 cm³/mol. The topological polar surface area (TPSA) is 49.8 Å². The normalized spacial score (nSPS) is 49.0. The molecule has 4 saturated carbocycles. The molecule has 3 heteroatoms. The summed E-state index contributed by atoms with van der Waals surface area (Å²) in [6, 6.07) is 0. The lowest BCUT2D eigenvalue weighted by molar-refractivity contribution is -0.138. The maximum atomic E-state index is 11.1. The van der Waals surface area contributed by atoms with Crippen LogP contribution in [0.2, 0.25) is 0 Å². The summed E-state index contributed by atoms with van der Waals surface area (Å²) in [5.41, 5.74) is 0.955. The monoisotopic (exact) mass is 458 g/mol. The van der Waals surface area contributed by atoms with Crippen LogP contribution < -0.4 is 0 Å². The molecule has 5 fully saturated rings. The summed E-state index contributed by atoms with van der Waals surface area (Å²) in [6.07, 6.45) is 16.5. The molecule has 1 saturated heterocycles. The van der Waals surface area contributed by atoms with Gasteiger partial charge in [-0.15, -0.1) is 0 Å². The number of hydrogen-bond acceptors (Lipinski definition) is 2. The van der Waals surface area contributed by atoms with Gasteiger partial charge in [0.1, 0.15) is 5.60 Å². The van der Waals surface area contributed by atoms with Crippen LogP contribution in [0.25, 0.3) is 0 Å². The van der Waals surface area contributed by atoms with Crippen molar-refractivity contribution in [2.24, 2.45) is 52.3 Å². The predicted octanol–water partition coefficient (Wildman–Crippen LogP) is 7.72. The molecule has 1 aliphatic heterocycles. The fraction of sp³-hybridized carbons (Fsp3) is 0.967. The Morgan fingerprint density at radius 1 is 1.03 bits per heavy atom. The van der Waals surface area contributed by atoms with Crippen LogP contribution in [0.1, 0.15) is 118 Å². The van der Waals surface area contributed by atoms with Crippen molar-refractivity contribution < 1.29 is 14.6 Å². The van der Waals surface area contributed by atoms with E-state index >= 15 is 0 Å². The summed E-state index contributed by atoms with van der Waals surface area (Å²) in [5, 5.41) is 9.17. The number of ether oxygens (including phenoxy) is 1. The van der Waals surface area contributed by atoms with Gasteiger partial charge in [0.2, 0.25) is 0 Å². The van der Waals surface area contributed by atoms with Crippen molar-refractivity contribution in [3.63, 3.8) is 0 Å². The Balaban J connectivity index is 1.28. The lowest BCUT2D eigenvalue weighted by Gasteiger charge is -2.60. The molecule has 2 unspecified atom stereocenters. The van der Waals surface area contributed by atoms with Gasteiger partial charge in [-0.25, -0.2) is 0 Å². The number of carboxylic acid groups (broad SMARTS) is 1. The average Bonchev–Trinajstić information content (AvgIpc) is 3.33. The minimum absolute atomic E-state index is 0.0888. The van der Waals surface area contributed by atoms with Gasteiger partial charge in [-0.05, 0) is 105 Å². The SMILES string of the molecule is CC(C)CCCC(C)[C@H]1CC[C@H]2[C@@H]3C[C@H]4OC45C[C@@H](CCC(=O)O)CC[C@]5(C)[C@H]3CC[C@]12C. The van der Waals surface area contributed by atoms with Gasteiger partial charge in [0.05, 0.1) is 6.10 Å². The van der Waals surface area contributed by atoms with Crippen LogP contribution in [-0.4, -0.2) is 22.8 Å². The molecular formula is C30H50O3. The molecule has 0 bridgehead atoms. The summed E-state index contributed by atoms with van der Waals surface area (Å²) in [5.74, 6) is 5.11. The number of carbonyl (C=O) groups is 1. The van der Waals surface area contributed by atoms with Crippen molar-refractivity contribution in [2.45, 2.75) is 130 Å². The van der Waals surface area contributed by atoms with Gasteiger partial charge in [0.15, 0.2) is 0 Å². The molecular weight excluding hydrogens is 408 g/mol. The first-order valence-electron chi connectivity index (χ1n) is 14.5. The molecule has 0 radical (unpaired) electrons. The van der Waals surface area contributed by atoms with Gasteiger partial charge in [0.25, 0.3) is 0 Å². The quantitative estimate of drug-likeness (QED) is 0.379. The van der Waals surface area contributed by atoms with Crippen LogP contribution in [0.5, 0.6) is 0 Å².